The van der Waals surface area contributed by atoms with Crippen LogP contribution in [0.4, 0.5) is 0 Å². The van der Waals surface area contributed by atoms with Crippen LogP contribution in [0.1, 0.15) is 26.7 Å². The summed E-state index contributed by atoms with van der Waals surface area (Å²) in [7, 11) is 2.40. The first kappa shape index (κ1) is 15.1. The third kappa shape index (κ3) is 5.63. The normalized spacial score (nSPS) is 14.2. The van der Waals surface area contributed by atoms with Gasteiger partial charge in [-0.2, -0.15) is 0 Å². The molecule has 0 N–H and O–H groups in total. The van der Waals surface area contributed by atoms with Crippen LogP contribution in [0.25, 0.3) is 0 Å². The Morgan fingerprint density at radius 2 is 1.60 bits per heavy atom. The molecule has 0 aromatic rings. The summed E-state index contributed by atoms with van der Waals surface area (Å²) in [5.41, 5.74) is 0. The lowest BCUT2D eigenvalue weighted by molar-refractivity contribution is 0.0503. The van der Waals surface area contributed by atoms with Gasteiger partial charge in [-0.05, 0) is 13.3 Å². The highest BCUT2D eigenvalue weighted by Gasteiger charge is 2.39. The molecule has 1 atom stereocenters. The van der Waals surface area contributed by atoms with Crippen molar-refractivity contribution >= 4 is 8.80 Å². The Bertz CT molecular complexity index is 142. The van der Waals surface area contributed by atoms with Gasteiger partial charge in [-0.3, -0.25) is 0 Å². The van der Waals surface area contributed by atoms with Gasteiger partial charge >= 0.3 is 8.80 Å². The van der Waals surface area contributed by atoms with Gasteiger partial charge in [0, 0.05) is 34.0 Å². The van der Waals surface area contributed by atoms with Crippen LogP contribution in [0, 0.1) is 0 Å². The smallest absolute Gasteiger partial charge is 0.379 e. The summed E-state index contributed by atoms with van der Waals surface area (Å²) in [6.07, 6.45) is 2.35. The van der Waals surface area contributed by atoms with Crippen molar-refractivity contribution in [2.45, 2.75) is 38.8 Å². The van der Waals surface area contributed by atoms with E-state index in [9.17, 15) is 0 Å². The molecule has 0 rings (SSSR count). The van der Waals surface area contributed by atoms with Crippen molar-refractivity contribution in [2.24, 2.45) is 0 Å². The zero-order valence-electron chi connectivity index (χ0n) is 10.5. The van der Waals surface area contributed by atoms with E-state index in [-0.39, 0.29) is 6.10 Å². The number of rotatable bonds is 9. The van der Waals surface area contributed by atoms with E-state index in [0.29, 0.717) is 6.04 Å². The highest BCUT2D eigenvalue weighted by atomic mass is 28.4. The molecule has 0 aromatic heterocycles. The molecule has 92 valence electrons. The van der Waals surface area contributed by atoms with E-state index in [1.165, 1.54) is 0 Å². The summed E-state index contributed by atoms with van der Waals surface area (Å²) in [5.74, 6) is 0. The lowest BCUT2D eigenvalue weighted by atomic mass is 10.3. The molecule has 0 aliphatic heterocycles. The minimum Gasteiger partial charge on any atom is -0.379 e. The van der Waals surface area contributed by atoms with Crippen LogP contribution in [0.3, 0.4) is 0 Å². The molecule has 5 heteroatoms. The summed E-state index contributed by atoms with van der Waals surface area (Å²) >= 11 is 0. The van der Waals surface area contributed by atoms with Crippen LogP contribution < -0.4 is 0 Å². The Hall–Kier alpha value is 0.0569. The van der Waals surface area contributed by atoms with Gasteiger partial charge in [0.25, 0.3) is 0 Å². The van der Waals surface area contributed by atoms with Crippen molar-refractivity contribution in [3.05, 3.63) is 0 Å². The fourth-order valence-electron chi connectivity index (χ4n) is 1.34. The Morgan fingerprint density at radius 3 is 2.00 bits per heavy atom. The fraction of sp³-hybridized carbons (Fsp3) is 1.00. The van der Waals surface area contributed by atoms with Crippen LogP contribution in [0.5, 0.6) is 0 Å². The van der Waals surface area contributed by atoms with Crippen LogP contribution in [0.2, 0.25) is 6.04 Å². The molecule has 0 saturated heterocycles. The van der Waals surface area contributed by atoms with Crippen molar-refractivity contribution < 1.29 is 18.0 Å². The lowest BCUT2D eigenvalue weighted by Gasteiger charge is -2.27. The van der Waals surface area contributed by atoms with Gasteiger partial charge in [-0.1, -0.05) is 13.3 Å². The second-order valence-corrected chi connectivity index (χ2v) is 6.53. The maximum atomic E-state index is 5.64. The quantitative estimate of drug-likeness (QED) is 0.454. The highest BCUT2D eigenvalue weighted by Crippen LogP contribution is 2.17. The Labute approximate surface area is 94.2 Å². The second kappa shape index (κ2) is 8.24. The van der Waals surface area contributed by atoms with Gasteiger partial charge < -0.3 is 18.0 Å². The van der Waals surface area contributed by atoms with Gasteiger partial charge in [-0.15, -0.1) is 0 Å². The van der Waals surface area contributed by atoms with Gasteiger partial charge in [-0.25, -0.2) is 0 Å². The first-order chi connectivity index (χ1) is 7.14. The molecule has 0 heterocycles. The Kier molecular flexibility index (Phi) is 8.27. The molecule has 0 radical (unpaired) electrons. The first-order valence-corrected chi connectivity index (χ1v) is 7.34. The molecule has 0 spiro atoms. The van der Waals surface area contributed by atoms with Gasteiger partial charge in [0.05, 0.1) is 6.10 Å². The molecule has 1 unspecified atom stereocenters. The number of ether oxygens (including phenoxy) is 1. The summed E-state index contributed by atoms with van der Waals surface area (Å²) < 4.78 is 21.6. The molecule has 0 aliphatic rings. The van der Waals surface area contributed by atoms with Crippen molar-refractivity contribution in [1.29, 1.82) is 0 Å². The van der Waals surface area contributed by atoms with E-state index >= 15 is 0 Å². The van der Waals surface area contributed by atoms with Crippen molar-refractivity contribution in [3.8, 4) is 0 Å². The fourth-order valence-corrected chi connectivity index (χ4v) is 3.16. The summed E-state index contributed by atoms with van der Waals surface area (Å²) in [5, 5.41) is 0. The minimum absolute atomic E-state index is 0.114. The zero-order valence-corrected chi connectivity index (χ0v) is 11.5. The molecule has 0 fully saturated rings. The van der Waals surface area contributed by atoms with E-state index in [1.54, 1.807) is 21.3 Å². The van der Waals surface area contributed by atoms with Crippen molar-refractivity contribution in [2.75, 3.05) is 27.9 Å². The molecule has 4 nitrogen and oxygen atoms in total. The van der Waals surface area contributed by atoms with Crippen LogP contribution in [-0.4, -0.2) is 42.8 Å². The average Bonchev–Trinajstić information content (AvgIpc) is 2.26. The predicted octanol–water partition coefficient (Wildman–Crippen LogP) is 2.07. The Balaban J connectivity index is 3.94. The third-order valence-electron chi connectivity index (χ3n) is 2.37. The van der Waals surface area contributed by atoms with E-state index in [1.807, 2.05) is 6.92 Å². The van der Waals surface area contributed by atoms with Crippen LogP contribution in [-0.2, 0) is 18.0 Å². The van der Waals surface area contributed by atoms with E-state index < -0.39 is 8.80 Å². The monoisotopic (exact) mass is 236 g/mol. The van der Waals surface area contributed by atoms with Gasteiger partial charge in [0.2, 0.25) is 0 Å². The predicted molar refractivity (Wildman–Crippen MR) is 61.9 cm³/mol. The largest absolute Gasteiger partial charge is 0.502 e. The number of hydrogen-bond donors (Lipinski definition) is 0. The van der Waals surface area contributed by atoms with Gasteiger partial charge in [0.15, 0.2) is 0 Å². The highest BCUT2D eigenvalue weighted by molar-refractivity contribution is 6.60. The third-order valence-corrected chi connectivity index (χ3v) is 5.31. The molecule has 0 aromatic carbocycles. The topological polar surface area (TPSA) is 36.9 Å². The Morgan fingerprint density at radius 1 is 1.07 bits per heavy atom. The van der Waals surface area contributed by atoms with Crippen molar-refractivity contribution in [3.63, 3.8) is 0 Å². The summed E-state index contributed by atoms with van der Waals surface area (Å²) in [6.45, 7) is 4.96. The molecular formula is C10H24O4Si. The summed E-state index contributed by atoms with van der Waals surface area (Å²) in [4.78, 5) is 0. The molecule has 0 aliphatic carbocycles. The SMILES string of the molecule is CCCCOC(C)C[Si](OC)(OC)OC. The lowest BCUT2D eigenvalue weighted by Crippen LogP contribution is -2.45. The molecule has 15 heavy (non-hydrogen) atoms. The molecular weight excluding hydrogens is 212 g/mol. The molecule has 0 amide bonds. The van der Waals surface area contributed by atoms with Crippen LogP contribution >= 0.6 is 0 Å². The van der Waals surface area contributed by atoms with Gasteiger partial charge in [0.1, 0.15) is 0 Å². The van der Waals surface area contributed by atoms with Crippen molar-refractivity contribution in [1.82, 2.24) is 0 Å². The zero-order chi connectivity index (χ0) is 11.7. The number of unbranched alkanes of at least 4 members (excludes halogenated alkanes) is 1. The van der Waals surface area contributed by atoms with E-state index in [0.717, 1.165) is 19.4 Å². The number of hydrogen-bond acceptors (Lipinski definition) is 4. The minimum atomic E-state index is -2.47. The van der Waals surface area contributed by atoms with E-state index in [2.05, 4.69) is 6.92 Å². The average molecular weight is 236 g/mol. The van der Waals surface area contributed by atoms with Crippen LogP contribution in [0.15, 0.2) is 0 Å². The standard InChI is InChI=1S/C10H24O4Si/c1-6-7-8-14-10(2)9-15(11-3,12-4)13-5/h10H,6-9H2,1-5H3. The summed E-state index contributed by atoms with van der Waals surface area (Å²) in [6, 6.07) is 0.695. The molecule has 0 bridgehead atoms. The first-order valence-electron chi connectivity index (χ1n) is 5.41. The maximum absolute atomic E-state index is 5.64. The maximum Gasteiger partial charge on any atom is 0.502 e. The second-order valence-electron chi connectivity index (χ2n) is 3.53. The molecule has 0 saturated carbocycles. The van der Waals surface area contributed by atoms with E-state index in [4.69, 9.17) is 18.0 Å².